The van der Waals surface area contributed by atoms with Crippen LogP contribution in [0.4, 0.5) is 5.95 Å². The van der Waals surface area contributed by atoms with E-state index in [4.69, 9.17) is 14.5 Å². The number of aldehydes is 1. The molecule has 39 heavy (non-hydrogen) atoms. The molecule has 0 bridgehead atoms. The van der Waals surface area contributed by atoms with Crippen molar-refractivity contribution in [2.24, 2.45) is 5.92 Å². The van der Waals surface area contributed by atoms with Crippen molar-refractivity contribution in [3.8, 4) is 22.8 Å². The summed E-state index contributed by atoms with van der Waals surface area (Å²) in [6.07, 6.45) is 9.59. The lowest BCUT2D eigenvalue weighted by Gasteiger charge is -2.23. The van der Waals surface area contributed by atoms with Gasteiger partial charge >= 0.3 is 0 Å². The minimum absolute atomic E-state index is 0.185. The molecule has 4 aromatic rings. The van der Waals surface area contributed by atoms with Gasteiger partial charge in [-0.1, -0.05) is 56.4 Å². The van der Waals surface area contributed by atoms with Gasteiger partial charge in [0.2, 0.25) is 5.95 Å². The fourth-order valence-corrected chi connectivity index (χ4v) is 5.53. The molecule has 1 saturated carbocycles. The van der Waals surface area contributed by atoms with Crippen LogP contribution in [-0.4, -0.2) is 36.4 Å². The normalized spacial score (nSPS) is 13.7. The first kappa shape index (κ1) is 26.4. The maximum atomic E-state index is 13.3. The van der Waals surface area contributed by atoms with E-state index in [9.17, 15) is 9.59 Å². The van der Waals surface area contributed by atoms with Crippen molar-refractivity contribution in [1.29, 1.82) is 0 Å². The monoisotopic (exact) mass is 523 g/mol. The summed E-state index contributed by atoms with van der Waals surface area (Å²) in [5.74, 6) is 1.78. The summed E-state index contributed by atoms with van der Waals surface area (Å²) in [4.78, 5) is 34.4. The molecule has 7 heteroatoms. The average molecular weight is 524 g/mol. The summed E-state index contributed by atoms with van der Waals surface area (Å²) in [7, 11) is 3.28. The van der Waals surface area contributed by atoms with Gasteiger partial charge in [-0.25, -0.2) is 9.97 Å². The molecular weight excluding hydrogens is 490 g/mol. The minimum atomic E-state index is -0.386. The van der Waals surface area contributed by atoms with E-state index in [0.717, 1.165) is 45.9 Å². The number of aromatic nitrogens is 2. The fourth-order valence-electron chi connectivity index (χ4n) is 5.53. The summed E-state index contributed by atoms with van der Waals surface area (Å²) >= 11 is 0. The molecular formula is C32H33N3O4. The number of nitrogens with zero attached hydrogens (tertiary/aromatic N) is 2. The molecule has 0 radical (unpaired) electrons. The molecule has 0 spiro atoms. The van der Waals surface area contributed by atoms with Crippen LogP contribution in [0.2, 0.25) is 0 Å². The molecule has 1 heterocycles. The van der Waals surface area contributed by atoms with Crippen molar-refractivity contribution < 1.29 is 19.1 Å². The van der Waals surface area contributed by atoms with Crippen LogP contribution < -0.4 is 14.8 Å². The Labute approximate surface area is 228 Å². The summed E-state index contributed by atoms with van der Waals surface area (Å²) in [5.41, 5.74) is 4.29. The van der Waals surface area contributed by atoms with Crippen LogP contribution in [0.25, 0.3) is 22.0 Å². The SMILES string of the molecule is COc1cc(-c2nc(NC(=O)c3cc(C=O)c4ccccc4c3)ncc2CC2CCCCC2)c(OC)cc1C. The molecule has 1 fully saturated rings. The van der Waals surface area contributed by atoms with Crippen LogP contribution >= 0.6 is 0 Å². The first-order valence-electron chi connectivity index (χ1n) is 13.4. The van der Waals surface area contributed by atoms with Crippen molar-refractivity contribution in [2.45, 2.75) is 45.4 Å². The van der Waals surface area contributed by atoms with E-state index in [0.29, 0.717) is 28.5 Å². The Morgan fingerprint density at radius 2 is 1.79 bits per heavy atom. The fraction of sp³-hybridized carbons (Fsp3) is 0.312. The largest absolute Gasteiger partial charge is 0.496 e. The number of carbonyl (C=O) groups is 2. The number of fused-ring (bicyclic) bond motifs is 1. The van der Waals surface area contributed by atoms with Gasteiger partial charge in [-0.05, 0) is 65.4 Å². The summed E-state index contributed by atoms with van der Waals surface area (Å²) < 4.78 is 11.4. The molecule has 1 amide bonds. The van der Waals surface area contributed by atoms with Crippen molar-refractivity contribution in [2.75, 3.05) is 19.5 Å². The van der Waals surface area contributed by atoms with Gasteiger partial charge in [-0.3, -0.25) is 14.9 Å². The van der Waals surface area contributed by atoms with Crippen LogP contribution in [0.3, 0.4) is 0 Å². The van der Waals surface area contributed by atoms with Crippen molar-refractivity contribution >= 4 is 28.9 Å². The van der Waals surface area contributed by atoms with Crippen molar-refractivity contribution in [1.82, 2.24) is 9.97 Å². The number of rotatable bonds is 8. The quantitative estimate of drug-likeness (QED) is 0.255. The number of hydrogen-bond acceptors (Lipinski definition) is 6. The number of aryl methyl sites for hydroxylation is 1. The van der Waals surface area contributed by atoms with E-state index in [2.05, 4.69) is 10.3 Å². The Kier molecular flexibility index (Phi) is 7.87. The lowest BCUT2D eigenvalue weighted by Crippen LogP contribution is -2.16. The van der Waals surface area contributed by atoms with Gasteiger partial charge in [-0.2, -0.15) is 0 Å². The third-order valence-electron chi connectivity index (χ3n) is 7.58. The van der Waals surface area contributed by atoms with E-state index in [1.807, 2.05) is 49.5 Å². The van der Waals surface area contributed by atoms with Crippen molar-refractivity contribution in [3.63, 3.8) is 0 Å². The number of anilines is 1. The molecule has 1 N–H and O–H groups in total. The Balaban J connectivity index is 1.54. The Morgan fingerprint density at radius 1 is 1.03 bits per heavy atom. The zero-order valence-electron chi connectivity index (χ0n) is 22.6. The molecule has 1 aromatic heterocycles. The summed E-state index contributed by atoms with van der Waals surface area (Å²) in [5, 5.41) is 4.46. The molecule has 200 valence electrons. The molecule has 0 saturated heterocycles. The lowest BCUT2D eigenvalue weighted by atomic mass is 9.84. The van der Waals surface area contributed by atoms with E-state index in [-0.39, 0.29) is 11.9 Å². The van der Waals surface area contributed by atoms with Crippen LogP contribution in [0.1, 0.15) is 63.9 Å². The Bertz CT molecular complexity index is 1530. The van der Waals surface area contributed by atoms with Gasteiger partial charge in [0.1, 0.15) is 11.5 Å². The van der Waals surface area contributed by atoms with Gasteiger partial charge in [0.15, 0.2) is 6.29 Å². The molecule has 3 aromatic carbocycles. The van der Waals surface area contributed by atoms with Gasteiger partial charge in [0.25, 0.3) is 5.91 Å². The second-order valence-electron chi connectivity index (χ2n) is 10.2. The van der Waals surface area contributed by atoms with Crippen LogP contribution in [0.5, 0.6) is 11.5 Å². The molecule has 7 nitrogen and oxygen atoms in total. The van der Waals surface area contributed by atoms with Gasteiger partial charge in [-0.15, -0.1) is 0 Å². The second-order valence-corrected chi connectivity index (χ2v) is 10.2. The number of amides is 1. The highest BCUT2D eigenvalue weighted by molar-refractivity contribution is 6.09. The van der Waals surface area contributed by atoms with Crippen molar-refractivity contribution in [3.05, 3.63) is 77.0 Å². The summed E-state index contributed by atoms with van der Waals surface area (Å²) in [6, 6.07) is 14.7. The smallest absolute Gasteiger partial charge is 0.258 e. The maximum Gasteiger partial charge on any atom is 0.258 e. The van der Waals surface area contributed by atoms with Crippen LogP contribution in [0.15, 0.2) is 54.7 Å². The highest BCUT2D eigenvalue weighted by Gasteiger charge is 2.22. The van der Waals surface area contributed by atoms with Crippen LogP contribution in [-0.2, 0) is 6.42 Å². The number of carbonyl (C=O) groups excluding carboxylic acids is 2. The van der Waals surface area contributed by atoms with E-state index in [1.165, 1.54) is 32.1 Å². The maximum absolute atomic E-state index is 13.3. The second kappa shape index (κ2) is 11.6. The van der Waals surface area contributed by atoms with Gasteiger partial charge < -0.3 is 9.47 Å². The van der Waals surface area contributed by atoms with Gasteiger partial charge in [0, 0.05) is 22.9 Å². The number of ether oxygens (including phenoxy) is 2. The highest BCUT2D eigenvalue weighted by Crippen LogP contribution is 2.38. The predicted molar refractivity (Wildman–Crippen MR) is 153 cm³/mol. The standard InChI is InChI=1S/C32H33N3O4/c1-20-13-29(39-3)27(17-28(20)38-2)30-24(14-21-9-5-4-6-10-21)18-33-32(34-30)35-31(37)23-15-22-11-7-8-12-26(22)25(16-23)19-36/h7-8,11-13,15-19,21H,4-6,9-10,14H2,1-3H3,(H,33,34,35,37). The zero-order chi connectivity index (χ0) is 27.4. The zero-order valence-corrected chi connectivity index (χ0v) is 22.6. The number of nitrogens with one attached hydrogen (secondary N) is 1. The topological polar surface area (TPSA) is 90.4 Å². The van der Waals surface area contributed by atoms with Gasteiger partial charge in [0.05, 0.1) is 19.9 Å². The number of hydrogen-bond donors (Lipinski definition) is 1. The first-order chi connectivity index (χ1) is 19.0. The lowest BCUT2D eigenvalue weighted by molar-refractivity contribution is 0.102. The molecule has 1 aliphatic carbocycles. The molecule has 0 unspecified atom stereocenters. The third-order valence-corrected chi connectivity index (χ3v) is 7.58. The van der Waals surface area contributed by atoms with Crippen LogP contribution in [0, 0.1) is 12.8 Å². The number of methoxy groups -OCH3 is 2. The highest BCUT2D eigenvalue weighted by atomic mass is 16.5. The average Bonchev–Trinajstić information content (AvgIpc) is 2.97. The Hall–Kier alpha value is -4.26. The molecule has 0 atom stereocenters. The van der Waals surface area contributed by atoms with E-state index >= 15 is 0 Å². The minimum Gasteiger partial charge on any atom is -0.496 e. The summed E-state index contributed by atoms with van der Waals surface area (Å²) in [6.45, 7) is 1.97. The Morgan fingerprint density at radius 3 is 2.54 bits per heavy atom. The molecule has 1 aliphatic rings. The number of benzene rings is 3. The first-order valence-corrected chi connectivity index (χ1v) is 13.4. The van der Waals surface area contributed by atoms with E-state index < -0.39 is 0 Å². The molecule has 5 rings (SSSR count). The third kappa shape index (κ3) is 5.62. The predicted octanol–water partition coefficient (Wildman–Crippen LogP) is 6.81. The van der Waals surface area contributed by atoms with E-state index in [1.54, 1.807) is 26.4 Å². The molecule has 0 aliphatic heterocycles.